The van der Waals surface area contributed by atoms with Crippen molar-refractivity contribution in [3.8, 4) is 0 Å². The van der Waals surface area contributed by atoms with Crippen LogP contribution in [-0.4, -0.2) is 0 Å². The van der Waals surface area contributed by atoms with Crippen LogP contribution < -0.4 is 18.9 Å². The van der Waals surface area contributed by atoms with Gasteiger partial charge in [-0.2, -0.15) is 0 Å². The molecule has 0 unspecified atom stereocenters. The van der Waals surface area contributed by atoms with E-state index in [1.807, 2.05) is 0 Å². The second kappa shape index (κ2) is 2.20. The summed E-state index contributed by atoms with van der Waals surface area (Å²) in [6.45, 7) is 0. The van der Waals surface area contributed by atoms with Crippen molar-refractivity contribution in [3.63, 3.8) is 0 Å². The summed E-state index contributed by atoms with van der Waals surface area (Å²) in [4.78, 5) is 0. The van der Waals surface area contributed by atoms with E-state index in [2.05, 4.69) is 0 Å². The maximum atomic E-state index is 9.87. The summed E-state index contributed by atoms with van der Waals surface area (Å²) < 4.78 is 59.2. The first-order chi connectivity index (χ1) is 2.45. The molecule has 0 spiro atoms. The van der Waals surface area contributed by atoms with Crippen molar-refractivity contribution in [2.24, 2.45) is 0 Å². The first-order valence-electron chi connectivity index (χ1n) is 1.01. The van der Waals surface area contributed by atoms with Crippen LogP contribution in [0.1, 0.15) is 0 Å². The normalized spacial score (nSPS) is 18.0. The molecule has 0 aromatic rings. The van der Waals surface area contributed by atoms with Gasteiger partial charge < -0.3 is 0 Å². The Hall–Kier alpha value is 0.897. The van der Waals surface area contributed by atoms with E-state index in [1.54, 1.807) is 0 Å². The van der Waals surface area contributed by atoms with Gasteiger partial charge in [-0.3, -0.25) is 0 Å². The molecule has 0 aliphatic rings. The van der Waals surface area contributed by atoms with Crippen LogP contribution in [0, 0.1) is 0 Å². The molecule has 0 saturated carbocycles. The fraction of sp³-hybridized carbons (Fsp3) is 0. The maximum absolute atomic E-state index is 10.7. The van der Waals surface area contributed by atoms with Gasteiger partial charge in [-0.05, 0) is 0 Å². The molecule has 0 fully saturated rings. The van der Waals surface area contributed by atoms with E-state index in [1.165, 1.54) is 0 Å². The fourth-order valence-electron chi connectivity index (χ4n) is 0. The zero-order chi connectivity index (χ0) is 6.41. The molecular weight excluding hydrogens is 187 g/mol. The summed E-state index contributed by atoms with van der Waals surface area (Å²) in [6, 6.07) is 0. The number of halogens is 7. The van der Waals surface area contributed by atoms with Gasteiger partial charge in [0.2, 0.25) is 0 Å². The molecule has 9 heteroatoms. The predicted molar refractivity (Wildman–Crippen MR) is 20.8 cm³/mol. The number of hydrogen-bond donors (Lipinski definition) is 0. The summed E-state index contributed by atoms with van der Waals surface area (Å²) in [5.74, 6) is 0. The summed E-state index contributed by atoms with van der Waals surface area (Å²) in [6.07, 6.45) is 0. The van der Waals surface area contributed by atoms with Gasteiger partial charge >= 0.3 is 51.9 Å². The first-order valence-corrected chi connectivity index (χ1v) is 3.04. The molecule has 0 aliphatic carbocycles. The van der Waals surface area contributed by atoms with Crippen LogP contribution in [-0.2, 0) is 0 Å². The SMILES string of the molecule is Cl.F[P-](F)(F)(F)(F)F.[Li+]. The van der Waals surface area contributed by atoms with Crippen LogP contribution in [0.3, 0.4) is 0 Å². The molecule has 56 valence electrons. The van der Waals surface area contributed by atoms with Crippen LogP contribution in [0.4, 0.5) is 25.2 Å². The second-order valence-corrected chi connectivity index (χ2v) is 2.87. The largest absolute Gasteiger partial charge is 1.00 e. The Morgan fingerprint density at radius 2 is 0.667 bits per heavy atom. The molecule has 0 rings (SSSR count). The van der Waals surface area contributed by atoms with Gasteiger partial charge in [0.05, 0.1) is 0 Å². The standard InChI is InChI=1S/ClH.F6P.Li/c;1-7(2,3,4,5)6;/h1H;;/q;-1;+1. The maximum Gasteiger partial charge on any atom is 1.00 e. The monoisotopic (exact) mass is 188 g/mol. The van der Waals surface area contributed by atoms with Crippen LogP contribution >= 0.6 is 20.2 Å². The van der Waals surface area contributed by atoms with Gasteiger partial charge in [-0.1, -0.05) is 0 Å². The van der Waals surface area contributed by atoms with Gasteiger partial charge in [0.1, 0.15) is 0 Å². The van der Waals surface area contributed by atoms with Crippen LogP contribution in [0.15, 0.2) is 0 Å². The fourth-order valence-corrected chi connectivity index (χ4v) is 0. The van der Waals surface area contributed by atoms with Crippen molar-refractivity contribution in [1.29, 1.82) is 0 Å². The zero-order valence-electron chi connectivity index (χ0n) is 4.12. The van der Waals surface area contributed by atoms with E-state index in [4.69, 9.17) is 0 Å². The Balaban J connectivity index is -0.000000180. The summed E-state index contributed by atoms with van der Waals surface area (Å²) in [5.41, 5.74) is 0. The Labute approximate surface area is 64.8 Å². The van der Waals surface area contributed by atoms with E-state index in [0.29, 0.717) is 0 Å². The topological polar surface area (TPSA) is 0 Å². The summed E-state index contributed by atoms with van der Waals surface area (Å²) in [5, 5.41) is 0. The van der Waals surface area contributed by atoms with Crippen molar-refractivity contribution in [2.45, 2.75) is 0 Å². The van der Waals surface area contributed by atoms with Gasteiger partial charge in [-0.15, -0.1) is 12.4 Å². The predicted octanol–water partition coefficient (Wildman–Crippen LogP) is 0.808. The Morgan fingerprint density at radius 3 is 0.667 bits per heavy atom. The van der Waals surface area contributed by atoms with Gasteiger partial charge in [0.15, 0.2) is 0 Å². The third-order valence-electron chi connectivity index (χ3n) is 0. The van der Waals surface area contributed by atoms with Gasteiger partial charge in [0.25, 0.3) is 0 Å². The second-order valence-electron chi connectivity index (χ2n) is 0.958. The van der Waals surface area contributed by atoms with Crippen molar-refractivity contribution >= 4 is 20.2 Å². The van der Waals surface area contributed by atoms with Gasteiger partial charge in [0, 0.05) is 0 Å². The van der Waals surface area contributed by atoms with E-state index in [9.17, 15) is 25.2 Å². The number of rotatable bonds is 0. The molecule has 0 N–H and O–H groups in total. The average molecular weight is 188 g/mol. The molecular formula is HClF6LiP. The molecule has 0 aromatic heterocycles. The Bertz CT molecular complexity index is 71.6. The third kappa shape index (κ3) is 526. The first kappa shape index (κ1) is 16.5. The van der Waals surface area contributed by atoms with Crippen LogP contribution in [0.5, 0.6) is 0 Å². The van der Waals surface area contributed by atoms with E-state index >= 15 is 0 Å². The molecule has 0 nitrogen and oxygen atoms in total. The molecule has 0 saturated heterocycles. The van der Waals surface area contributed by atoms with Crippen LogP contribution in [0.25, 0.3) is 0 Å². The molecule has 0 bridgehead atoms. The minimum Gasteiger partial charge on any atom is 1.00 e. The smallest absolute Gasteiger partial charge is 1.00 e. The zero-order valence-corrected chi connectivity index (χ0v) is 5.83. The van der Waals surface area contributed by atoms with E-state index in [0.717, 1.165) is 0 Å². The van der Waals surface area contributed by atoms with Crippen molar-refractivity contribution in [3.05, 3.63) is 0 Å². The summed E-state index contributed by atoms with van der Waals surface area (Å²) >= 11 is 0. The number of hydrogen-bond acceptors (Lipinski definition) is 0. The van der Waals surface area contributed by atoms with E-state index < -0.39 is 7.81 Å². The van der Waals surface area contributed by atoms with Gasteiger partial charge in [-0.25, -0.2) is 0 Å². The van der Waals surface area contributed by atoms with Crippen LogP contribution in [0.2, 0.25) is 0 Å². The minimum atomic E-state index is -10.7. The quantitative estimate of drug-likeness (QED) is 0.300. The van der Waals surface area contributed by atoms with Crippen molar-refractivity contribution < 1.29 is 44.0 Å². The molecule has 0 amide bonds. The Kier molecular flexibility index (Phi) is 4.02. The summed E-state index contributed by atoms with van der Waals surface area (Å²) in [7, 11) is -10.7. The molecule has 9 heavy (non-hydrogen) atoms. The third-order valence-corrected chi connectivity index (χ3v) is 0. The average Bonchev–Trinajstić information content (AvgIpc) is 0.592. The molecule has 0 heterocycles. The molecule has 0 aromatic carbocycles. The minimum absolute atomic E-state index is 0. The molecule has 0 radical (unpaired) electrons. The Morgan fingerprint density at radius 1 is 0.667 bits per heavy atom. The molecule has 0 aliphatic heterocycles. The van der Waals surface area contributed by atoms with Crippen molar-refractivity contribution in [1.82, 2.24) is 0 Å². The van der Waals surface area contributed by atoms with E-state index in [-0.39, 0.29) is 31.3 Å². The van der Waals surface area contributed by atoms with Crippen molar-refractivity contribution in [2.75, 3.05) is 0 Å². The molecule has 0 atom stereocenters.